The van der Waals surface area contributed by atoms with Crippen LogP contribution < -0.4 is 0 Å². The van der Waals surface area contributed by atoms with Crippen LogP contribution in [0.4, 0.5) is 0 Å². The highest BCUT2D eigenvalue weighted by Crippen LogP contribution is 2.28. The van der Waals surface area contributed by atoms with E-state index in [1.54, 1.807) is 24.3 Å². The summed E-state index contributed by atoms with van der Waals surface area (Å²) in [5.74, 6) is 0. The van der Waals surface area contributed by atoms with Crippen LogP contribution in [0.25, 0.3) is 10.4 Å². The largest absolute Gasteiger partial charge is 0.390 e. The summed E-state index contributed by atoms with van der Waals surface area (Å²) in [4.78, 5) is 2.60. The van der Waals surface area contributed by atoms with E-state index in [2.05, 4.69) is 10.0 Å². The molecule has 2 N–H and O–H groups in total. The van der Waals surface area contributed by atoms with Gasteiger partial charge in [-0.2, -0.15) is 0 Å². The highest BCUT2D eigenvalue weighted by atomic mass is 16.7. The second kappa shape index (κ2) is 8.52. The molecule has 7 nitrogen and oxygen atoms in total. The number of hydrogen-bond donors (Lipinski definition) is 2. The molecule has 0 spiro atoms. The first-order valence-corrected chi connectivity index (χ1v) is 6.17. The number of hydrogen-bond acceptors (Lipinski definition) is 5. The molecule has 110 valence electrons. The third kappa shape index (κ3) is 4.19. The van der Waals surface area contributed by atoms with E-state index < -0.39 is 18.5 Å². The maximum atomic E-state index is 10.2. The Morgan fingerprint density at radius 1 is 1.20 bits per heavy atom. The van der Waals surface area contributed by atoms with Crippen molar-refractivity contribution in [3.8, 4) is 0 Å². The molecule has 0 saturated heterocycles. The van der Waals surface area contributed by atoms with Gasteiger partial charge >= 0.3 is 0 Å². The minimum atomic E-state index is -1.10. The summed E-state index contributed by atoms with van der Waals surface area (Å²) in [5, 5.41) is 23.5. The number of ether oxygens (including phenoxy) is 2. The topological polar surface area (TPSA) is 108 Å². The van der Waals surface area contributed by atoms with Gasteiger partial charge < -0.3 is 19.7 Å². The van der Waals surface area contributed by atoms with E-state index in [-0.39, 0.29) is 13.0 Å². The summed E-state index contributed by atoms with van der Waals surface area (Å²) in [7, 11) is 2.99. The number of rotatable bonds is 8. The van der Waals surface area contributed by atoms with Gasteiger partial charge in [-0.25, -0.2) is 0 Å². The molecule has 0 saturated carbocycles. The molecular formula is C13H19N3O4. The standard InChI is InChI=1S/C13H19N3O4/c1-19-13(20-2)10-6-4-3-5-9(10)12(18)11(17)7-8-15-16-14/h3-6,11-13,17-18H,7-8H2,1-2H3. The molecule has 0 amide bonds. The minimum Gasteiger partial charge on any atom is -0.390 e. The SMILES string of the molecule is COC(OC)c1ccccc1C(O)C(O)CCN=[N+]=[N-]. The zero-order valence-corrected chi connectivity index (χ0v) is 11.5. The second-order valence-corrected chi connectivity index (χ2v) is 4.19. The average molecular weight is 281 g/mol. The third-order valence-corrected chi connectivity index (χ3v) is 2.95. The van der Waals surface area contributed by atoms with Gasteiger partial charge in [0.15, 0.2) is 6.29 Å². The van der Waals surface area contributed by atoms with Gasteiger partial charge in [0.25, 0.3) is 0 Å². The van der Waals surface area contributed by atoms with E-state index in [4.69, 9.17) is 15.0 Å². The zero-order valence-electron chi connectivity index (χ0n) is 11.5. The van der Waals surface area contributed by atoms with Crippen molar-refractivity contribution in [3.63, 3.8) is 0 Å². The predicted molar refractivity (Wildman–Crippen MR) is 72.8 cm³/mol. The number of benzene rings is 1. The van der Waals surface area contributed by atoms with E-state index in [0.29, 0.717) is 11.1 Å². The Balaban J connectivity index is 2.91. The Labute approximate surface area is 117 Å². The summed E-state index contributed by atoms with van der Waals surface area (Å²) in [5.41, 5.74) is 9.37. The van der Waals surface area contributed by atoms with Crippen LogP contribution in [0.15, 0.2) is 29.4 Å². The quantitative estimate of drug-likeness (QED) is 0.329. The van der Waals surface area contributed by atoms with Gasteiger partial charge in [0, 0.05) is 31.2 Å². The van der Waals surface area contributed by atoms with Crippen LogP contribution in [-0.2, 0) is 9.47 Å². The predicted octanol–water partition coefficient (Wildman–Crippen LogP) is 2.07. The number of nitrogens with zero attached hydrogens (tertiary/aromatic N) is 3. The fourth-order valence-electron chi connectivity index (χ4n) is 1.94. The van der Waals surface area contributed by atoms with Gasteiger partial charge in [0.1, 0.15) is 6.10 Å². The number of aliphatic hydroxyl groups excluding tert-OH is 2. The van der Waals surface area contributed by atoms with Crippen molar-refractivity contribution in [3.05, 3.63) is 45.8 Å². The Bertz CT molecular complexity index is 459. The molecule has 0 aromatic heterocycles. The molecular weight excluding hydrogens is 262 g/mol. The van der Waals surface area contributed by atoms with Crippen molar-refractivity contribution < 1.29 is 19.7 Å². The summed E-state index contributed by atoms with van der Waals surface area (Å²) < 4.78 is 10.3. The molecule has 2 atom stereocenters. The molecule has 0 aliphatic heterocycles. The maximum absolute atomic E-state index is 10.2. The van der Waals surface area contributed by atoms with Crippen molar-refractivity contribution in [2.24, 2.45) is 5.11 Å². The summed E-state index contributed by atoms with van der Waals surface area (Å²) in [6, 6.07) is 7.01. The molecule has 0 aliphatic rings. The lowest BCUT2D eigenvalue weighted by molar-refractivity contribution is -0.108. The molecule has 0 fully saturated rings. The van der Waals surface area contributed by atoms with Crippen LogP contribution in [0.3, 0.4) is 0 Å². The van der Waals surface area contributed by atoms with Crippen LogP contribution in [0.2, 0.25) is 0 Å². The Morgan fingerprint density at radius 3 is 2.35 bits per heavy atom. The van der Waals surface area contributed by atoms with E-state index in [1.165, 1.54) is 14.2 Å². The molecule has 7 heteroatoms. The van der Waals surface area contributed by atoms with Gasteiger partial charge in [0.05, 0.1) is 6.10 Å². The fourth-order valence-corrected chi connectivity index (χ4v) is 1.94. The third-order valence-electron chi connectivity index (χ3n) is 2.95. The lowest BCUT2D eigenvalue weighted by atomic mass is 9.96. The smallest absolute Gasteiger partial charge is 0.183 e. The van der Waals surface area contributed by atoms with Gasteiger partial charge in [-0.15, -0.1) is 0 Å². The van der Waals surface area contributed by atoms with Crippen molar-refractivity contribution in [2.75, 3.05) is 20.8 Å². The number of aliphatic hydroxyl groups is 2. The Kier molecular flexibility index (Phi) is 7.00. The molecule has 1 aromatic rings. The molecule has 1 aromatic carbocycles. The van der Waals surface area contributed by atoms with Crippen molar-refractivity contribution in [1.29, 1.82) is 0 Å². The molecule has 0 bridgehead atoms. The molecule has 0 radical (unpaired) electrons. The van der Waals surface area contributed by atoms with Crippen molar-refractivity contribution in [2.45, 2.75) is 24.9 Å². The maximum Gasteiger partial charge on any atom is 0.183 e. The Hall–Kier alpha value is -1.63. The van der Waals surface area contributed by atoms with Crippen LogP contribution >= 0.6 is 0 Å². The van der Waals surface area contributed by atoms with Gasteiger partial charge in [-0.05, 0) is 17.5 Å². The van der Waals surface area contributed by atoms with E-state index >= 15 is 0 Å². The Morgan fingerprint density at radius 2 is 1.80 bits per heavy atom. The average Bonchev–Trinajstić information content (AvgIpc) is 2.48. The lowest BCUT2D eigenvalue weighted by Gasteiger charge is -2.23. The first kappa shape index (κ1) is 16.4. The van der Waals surface area contributed by atoms with Gasteiger partial charge in [0.2, 0.25) is 0 Å². The second-order valence-electron chi connectivity index (χ2n) is 4.19. The highest BCUT2D eigenvalue weighted by molar-refractivity contribution is 5.30. The van der Waals surface area contributed by atoms with Crippen molar-refractivity contribution >= 4 is 0 Å². The molecule has 20 heavy (non-hydrogen) atoms. The fraction of sp³-hybridized carbons (Fsp3) is 0.538. The molecule has 0 aliphatic carbocycles. The van der Waals surface area contributed by atoms with Gasteiger partial charge in [-0.3, -0.25) is 0 Å². The minimum absolute atomic E-state index is 0.120. The monoisotopic (exact) mass is 281 g/mol. The van der Waals surface area contributed by atoms with Crippen molar-refractivity contribution in [1.82, 2.24) is 0 Å². The summed E-state index contributed by atoms with van der Waals surface area (Å²) >= 11 is 0. The molecule has 0 heterocycles. The molecule has 1 rings (SSSR count). The van der Waals surface area contributed by atoms with Crippen LogP contribution in [0, 0.1) is 0 Å². The van der Waals surface area contributed by atoms with Crippen LogP contribution in [0.1, 0.15) is 29.9 Å². The first-order valence-electron chi connectivity index (χ1n) is 6.17. The summed E-state index contributed by atoms with van der Waals surface area (Å²) in [6.07, 6.45) is -2.58. The normalized spacial score (nSPS) is 13.8. The molecule has 2 unspecified atom stereocenters. The van der Waals surface area contributed by atoms with E-state index in [0.717, 1.165) is 0 Å². The van der Waals surface area contributed by atoms with Crippen LogP contribution in [-0.4, -0.2) is 37.1 Å². The van der Waals surface area contributed by atoms with E-state index in [9.17, 15) is 10.2 Å². The number of methoxy groups -OCH3 is 2. The highest BCUT2D eigenvalue weighted by Gasteiger charge is 2.23. The van der Waals surface area contributed by atoms with Gasteiger partial charge in [-0.1, -0.05) is 29.4 Å². The first-order chi connectivity index (χ1) is 9.65. The van der Waals surface area contributed by atoms with E-state index in [1.807, 2.05) is 0 Å². The summed E-state index contributed by atoms with van der Waals surface area (Å²) in [6.45, 7) is 0.120. The van der Waals surface area contributed by atoms with Crippen LogP contribution in [0.5, 0.6) is 0 Å². The number of azide groups is 1. The lowest BCUT2D eigenvalue weighted by Crippen LogP contribution is -2.21. The zero-order chi connectivity index (χ0) is 15.0.